The van der Waals surface area contributed by atoms with E-state index < -0.39 is 0 Å². The van der Waals surface area contributed by atoms with Gasteiger partial charge in [-0.15, -0.1) is 0 Å². The summed E-state index contributed by atoms with van der Waals surface area (Å²) < 4.78 is 4.89. The molecule has 0 aliphatic carbocycles. The van der Waals surface area contributed by atoms with E-state index in [-0.39, 0.29) is 0 Å². The minimum atomic E-state index is 0.913. The van der Waals surface area contributed by atoms with E-state index in [1.54, 1.807) is 6.26 Å². The zero-order valence-corrected chi connectivity index (χ0v) is 3.68. The van der Waals surface area contributed by atoms with Gasteiger partial charge in [-0.1, -0.05) is 0 Å². The van der Waals surface area contributed by atoms with Crippen LogP contribution in [0.4, 0.5) is 0 Å². The van der Waals surface area contributed by atoms with Crippen molar-refractivity contribution in [1.82, 2.24) is 0 Å². The Labute approximate surface area is 37.6 Å². The molecular formula is C5H8O+. The SMILES string of the molecule is C1=C[O+]CCC1. The van der Waals surface area contributed by atoms with Crippen LogP contribution in [0.3, 0.4) is 0 Å². The number of hydrogen-bond acceptors (Lipinski definition) is 1. The van der Waals surface area contributed by atoms with Crippen molar-refractivity contribution in [2.45, 2.75) is 12.8 Å². The standard InChI is InChI=1S/C5H8O/c1-2-4-6-5-3-1/h2,4H,1,3,5H2/q+1. The highest BCUT2D eigenvalue weighted by molar-refractivity contribution is 4.76. The van der Waals surface area contributed by atoms with E-state index in [0.29, 0.717) is 0 Å². The Hall–Kier alpha value is -0.460. The van der Waals surface area contributed by atoms with Crippen molar-refractivity contribution in [2.24, 2.45) is 0 Å². The van der Waals surface area contributed by atoms with E-state index in [1.165, 1.54) is 12.8 Å². The second-order valence-electron chi connectivity index (χ2n) is 1.38. The van der Waals surface area contributed by atoms with E-state index in [0.717, 1.165) is 6.61 Å². The molecule has 1 heteroatoms. The molecule has 33 valence electrons. The Kier molecular flexibility index (Phi) is 1.15. The third-order valence-corrected chi connectivity index (χ3v) is 0.825. The maximum Gasteiger partial charge on any atom is 0.304 e. The van der Waals surface area contributed by atoms with Gasteiger partial charge in [0.15, 0.2) is 0 Å². The lowest BCUT2D eigenvalue weighted by atomic mass is 10.3. The summed E-state index contributed by atoms with van der Waals surface area (Å²) in [5.74, 6) is 0. The number of ether oxygens (including phenoxy) is 1. The smallest absolute Gasteiger partial charge is 0.263 e. The predicted octanol–water partition coefficient (Wildman–Crippen LogP) is 1.31. The first kappa shape index (κ1) is 3.72. The summed E-state index contributed by atoms with van der Waals surface area (Å²) in [6.45, 7) is 0.913. The average molecular weight is 84.1 g/mol. The van der Waals surface area contributed by atoms with Gasteiger partial charge in [-0.25, -0.2) is 0 Å². The predicted molar refractivity (Wildman–Crippen MR) is 24.3 cm³/mol. The maximum atomic E-state index is 4.89. The summed E-state index contributed by atoms with van der Waals surface area (Å²) >= 11 is 0. The monoisotopic (exact) mass is 84.1 g/mol. The van der Waals surface area contributed by atoms with Crippen molar-refractivity contribution in [3.63, 3.8) is 0 Å². The molecule has 0 spiro atoms. The molecule has 0 aromatic carbocycles. The molecule has 6 heavy (non-hydrogen) atoms. The van der Waals surface area contributed by atoms with Gasteiger partial charge >= 0.3 is 6.26 Å². The van der Waals surface area contributed by atoms with Gasteiger partial charge < -0.3 is 0 Å². The van der Waals surface area contributed by atoms with Crippen LogP contribution in [0.25, 0.3) is 0 Å². The van der Waals surface area contributed by atoms with Gasteiger partial charge in [-0.2, -0.15) is 0 Å². The number of allylic oxidation sites excluding steroid dienone is 1. The summed E-state index contributed by atoms with van der Waals surface area (Å²) in [5.41, 5.74) is 0. The molecular weight excluding hydrogens is 76.1 g/mol. The van der Waals surface area contributed by atoms with E-state index in [9.17, 15) is 0 Å². The van der Waals surface area contributed by atoms with Gasteiger partial charge in [0, 0.05) is 12.5 Å². The highest BCUT2D eigenvalue weighted by Gasteiger charge is 1.98. The molecule has 0 atom stereocenters. The Morgan fingerprint density at radius 1 is 1.50 bits per heavy atom. The molecule has 0 N–H and O–H groups in total. The minimum Gasteiger partial charge on any atom is -0.263 e. The third-order valence-electron chi connectivity index (χ3n) is 0.825. The lowest BCUT2D eigenvalue weighted by Gasteiger charge is -1.88. The van der Waals surface area contributed by atoms with Crippen LogP contribution in [0.1, 0.15) is 12.8 Å². The second kappa shape index (κ2) is 1.85. The van der Waals surface area contributed by atoms with E-state index in [2.05, 4.69) is 0 Å². The third kappa shape index (κ3) is 0.744. The first-order valence-electron chi connectivity index (χ1n) is 2.27. The van der Waals surface area contributed by atoms with E-state index in [4.69, 9.17) is 4.74 Å². The molecule has 1 aliphatic rings. The average Bonchev–Trinajstić information content (AvgIpc) is 1.72. The summed E-state index contributed by atoms with van der Waals surface area (Å²) in [7, 11) is 0. The zero-order valence-electron chi connectivity index (χ0n) is 3.68. The molecule has 1 nitrogen and oxygen atoms in total. The molecule has 0 fully saturated rings. The van der Waals surface area contributed by atoms with Crippen molar-refractivity contribution in [3.8, 4) is 0 Å². The van der Waals surface area contributed by atoms with Crippen molar-refractivity contribution < 1.29 is 4.74 Å². The number of rotatable bonds is 0. The molecule has 0 aromatic heterocycles. The minimum absolute atomic E-state index is 0.913. The van der Waals surface area contributed by atoms with Crippen LogP contribution in [0, 0.1) is 0 Å². The van der Waals surface area contributed by atoms with Crippen LogP contribution < -0.4 is 0 Å². The first-order chi connectivity index (χ1) is 3.00. The summed E-state index contributed by atoms with van der Waals surface area (Å²) in [6, 6.07) is 0. The Morgan fingerprint density at radius 3 is 2.67 bits per heavy atom. The fourth-order valence-corrected chi connectivity index (χ4v) is 0.489. The summed E-state index contributed by atoms with van der Waals surface area (Å²) in [4.78, 5) is 0. The molecule has 0 bridgehead atoms. The van der Waals surface area contributed by atoms with Crippen LogP contribution in [0.15, 0.2) is 12.3 Å². The maximum absolute atomic E-state index is 4.89. The van der Waals surface area contributed by atoms with Crippen LogP contribution in [-0.4, -0.2) is 6.61 Å². The zero-order chi connectivity index (χ0) is 4.24. The Bertz CT molecular complexity index is 49.0. The first-order valence-corrected chi connectivity index (χ1v) is 2.27. The van der Waals surface area contributed by atoms with Gasteiger partial charge in [0.25, 0.3) is 6.61 Å². The Balaban J connectivity index is 2.26. The van der Waals surface area contributed by atoms with Gasteiger partial charge in [0.2, 0.25) is 0 Å². The highest BCUT2D eigenvalue weighted by Crippen LogP contribution is 1.97. The van der Waals surface area contributed by atoms with Crippen LogP contribution in [-0.2, 0) is 4.74 Å². The molecule has 0 unspecified atom stereocenters. The van der Waals surface area contributed by atoms with Crippen molar-refractivity contribution in [2.75, 3.05) is 6.61 Å². The van der Waals surface area contributed by atoms with Gasteiger partial charge in [-0.3, -0.25) is 4.74 Å². The number of hydrogen-bond donors (Lipinski definition) is 0. The summed E-state index contributed by atoms with van der Waals surface area (Å²) in [5, 5.41) is 0. The van der Waals surface area contributed by atoms with Crippen LogP contribution in [0.5, 0.6) is 0 Å². The van der Waals surface area contributed by atoms with Gasteiger partial charge in [0.1, 0.15) is 0 Å². The van der Waals surface area contributed by atoms with Crippen molar-refractivity contribution in [3.05, 3.63) is 12.3 Å². The van der Waals surface area contributed by atoms with E-state index in [1.807, 2.05) is 6.08 Å². The van der Waals surface area contributed by atoms with Gasteiger partial charge in [-0.05, 0) is 6.42 Å². The van der Waals surface area contributed by atoms with Crippen LogP contribution >= 0.6 is 0 Å². The van der Waals surface area contributed by atoms with Gasteiger partial charge in [0.05, 0.1) is 0 Å². The lowest BCUT2D eigenvalue weighted by molar-refractivity contribution is 0.231. The Morgan fingerprint density at radius 2 is 2.50 bits per heavy atom. The molecule has 1 aliphatic heterocycles. The fraction of sp³-hybridized carbons (Fsp3) is 0.600. The van der Waals surface area contributed by atoms with Crippen molar-refractivity contribution in [1.29, 1.82) is 0 Å². The highest BCUT2D eigenvalue weighted by atomic mass is 16.5. The van der Waals surface area contributed by atoms with Crippen molar-refractivity contribution >= 4 is 0 Å². The lowest BCUT2D eigenvalue weighted by Crippen LogP contribution is -1.90. The largest absolute Gasteiger partial charge is 0.304 e. The normalized spacial score (nSPS) is 20.0. The van der Waals surface area contributed by atoms with E-state index >= 15 is 0 Å². The molecule has 0 saturated heterocycles. The fourth-order valence-electron chi connectivity index (χ4n) is 0.489. The molecule has 1 radical (unpaired) electrons. The topological polar surface area (TPSA) is 11.3 Å². The molecule has 0 aromatic rings. The molecule has 1 rings (SSSR count). The van der Waals surface area contributed by atoms with Crippen LogP contribution in [0.2, 0.25) is 0 Å². The quantitative estimate of drug-likeness (QED) is 0.403. The molecule has 0 amide bonds. The second-order valence-corrected chi connectivity index (χ2v) is 1.38. The molecule has 0 saturated carbocycles. The summed E-state index contributed by atoms with van der Waals surface area (Å²) in [6.07, 6.45) is 6.20. The molecule has 1 heterocycles.